The molecule has 1 N–H and O–H groups in total. The Hall–Kier alpha value is -3.65. The first-order valence-corrected chi connectivity index (χ1v) is 16.3. The van der Waals surface area contributed by atoms with Crippen LogP contribution in [0.2, 0.25) is 0 Å². The minimum atomic E-state index is -4.10. The molecule has 0 heterocycles. The van der Waals surface area contributed by atoms with Crippen LogP contribution in [0, 0.1) is 27.7 Å². The second-order valence-corrected chi connectivity index (χ2v) is 13.3. The Bertz CT molecular complexity index is 1510. The Morgan fingerprint density at radius 2 is 1.57 bits per heavy atom. The van der Waals surface area contributed by atoms with Crippen molar-refractivity contribution < 1.29 is 18.0 Å². The molecule has 2 amide bonds. The van der Waals surface area contributed by atoms with Crippen molar-refractivity contribution in [3.8, 4) is 0 Å². The van der Waals surface area contributed by atoms with Gasteiger partial charge in [-0.05, 0) is 81.8 Å². The average molecular weight is 590 g/mol. The van der Waals surface area contributed by atoms with Crippen LogP contribution in [-0.2, 0) is 26.2 Å². The van der Waals surface area contributed by atoms with E-state index in [-0.39, 0.29) is 23.4 Å². The van der Waals surface area contributed by atoms with Gasteiger partial charge in [0.25, 0.3) is 10.0 Å². The highest BCUT2D eigenvalue weighted by atomic mass is 32.2. The van der Waals surface area contributed by atoms with Crippen molar-refractivity contribution in [2.75, 3.05) is 10.8 Å². The zero-order chi connectivity index (χ0) is 30.4. The van der Waals surface area contributed by atoms with Crippen LogP contribution in [-0.4, -0.2) is 43.8 Å². The minimum absolute atomic E-state index is 0.107. The molecule has 42 heavy (non-hydrogen) atoms. The molecule has 3 aromatic carbocycles. The van der Waals surface area contributed by atoms with Gasteiger partial charge in [-0.1, -0.05) is 79.4 Å². The molecule has 1 aliphatic carbocycles. The zero-order valence-corrected chi connectivity index (χ0v) is 26.2. The first kappa shape index (κ1) is 31.3. The SMILES string of the molecule is CCC(C(=O)NC1CCCC1)N(Cc1cccc(C)c1)C(=O)CN(c1cccc(C)c1C)S(=O)(=O)c1ccc(C)cc1. The van der Waals surface area contributed by atoms with Crippen molar-refractivity contribution in [1.29, 1.82) is 0 Å². The fraction of sp³-hybridized carbons (Fsp3) is 0.412. The molecule has 1 saturated carbocycles. The van der Waals surface area contributed by atoms with Crippen LogP contribution in [0.25, 0.3) is 0 Å². The van der Waals surface area contributed by atoms with E-state index in [0.717, 1.165) is 53.5 Å². The van der Waals surface area contributed by atoms with E-state index in [1.165, 1.54) is 4.31 Å². The molecule has 0 aliphatic heterocycles. The van der Waals surface area contributed by atoms with Crippen LogP contribution in [0.5, 0.6) is 0 Å². The molecule has 8 heteroatoms. The molecule has 1 fully saturated rings. The van der Waals surface area contributed by atoms with Gasteiger partial charge in [-0.3, -0.25) is 13.9 Å². The van der Waals surface area contributed by atoms with Gasteiger partial charge in [0.05, 0.1) is 10.6 Å². The van der Waals surface area contributed by atoms with Gasteiger partial charge in [0, 0.05) is 12.6 Å². The maximum Gasteiger partial charge on any atom is 0.264 e. The van der Waals surface area contributed by atoms with Gasteiger partial charge in [-0.15, -0.1) is 0 Å². The lowest BCUT2D eigenvalue weighted by Gasteiger charge is -2.34. The summed E-state index contributed by atoms with van der Waals surface area (Å²) in [7, 11) is -4.10. The Balaban J connectivity index is 1.75. The molecule has 3 aromatic rings. The number of nitrogens with one attached hydrogen (secondary N) is 1. The summed E-state index contributed by atoms with van der Waals surface area (Å²) in [5, 5.41) is 3.16. The molecular weight excluding hydrogens is 546 g/mol. The highest BCUT2D eigenvalue weighted by Crippen LogP contribution is 2.29. The third-order valence-corrected chi connectivity index (χ3v) is 10.0. The average Bonchev–Trinajstić information content (AvgIpc) is 3.46. The number of aryl methyl sites for hydroxylation is 3. The number of carbonyl (C=O) groups excluding carboxylic acids is 2. The Labute approximate surface area is 251 Å². The summed E-state index contributed by atoms with van der Waals surface area (Å²) in [6.07, 6.45) is 4.43. The van der Waals surface area contributed by atoms with Crippen LogP contribution in [0.4, 0.5) is 5.69 Å². The van der Waals surface area contributed by atoms with Crippen molar-refractivity contribution in [1.82, 2.24) is 10.2 Å². The lowest BCUT2D eigenvalue weighted by molar-refractivity contribution is -0.140. The summed E-state index contributed by atoms with van der Waals surface area (Å²) >= 11 is 0. The van der Waals surface area contributed by atoms with Crippen LogP contribution in [0.15, 0.2) is 71.6 Å². The lowest BCUT2D eigenvalue weighted by Crippen LogP contribution is -2.53. The second kappa shape index (κ2) is 13.6. The molecule has 4 rings (SSSR count). The number of anilines is 1. The molecule has 1 unspecified atom stereocenters. The predicted molar refractivity (Wildman–Crippen MR) is 168 cm³/mol. The Morgan fingerprint density at radius 3 is 2.21 bits per heavy atom. The fourth-order valence-corrected chi connectivity index (χ4v) is 7.12. The van der Waals surface area contributed by atoms with Crippen LogP contribution in [0.3, 0.4) is 0 Å². The zero-order valence-electron chi connectivity index (χ0n) is 25.4. The summed E-state index contributed by atoms with van der Waals surface area (Å²) < 4.78 is 29.5. The number of benzene rings is 3. The smallest absolute Gasteiger partial charge is 0.264 e. The third kappa shape index (κ3) is 7.21. The van der Waals surface area contributed by atoms with Gasteiger partial charge in [0.1, 0.15) is 12.6 Å². The van der Waals surface area contributed by atoms with Crippen molar-refractivity contribution in [3.05, 3.63) is 94.5 Å². The Kier molecular flexibility index (Phi) is 10.1. The highest BCUT2D eigenvalue weighted by Gasteiger charge is 2.35. The maximum atomic E-state index is 14.3. The largest absolute Gasteiger partial charge is 0.352 e. The summed E-state index contributed by atoms with van der Waals surface area (Å²) in [5.74, 6) is -0.619. The number of nitrogens with zero attached hydrogens (tertiary/aromatic N) is 2. The maximum absolute atomic E-state index is 14.3. The topological polar surface area (TPSA) is 86.8 Å². The van der Waals surface area contributed by atoms with Gasteiger partial charge in [-0.2, -0.15) is 0 Å². The second-order valence-electron chi connectivity index (χ2n) is 11.5. The standard InChI is InChI=1S/C34H43N3O4S/c1-6-31(34(39)35-29-14-7-8-15-29)36(22-28-13-9-11-25(3)21-28)33(38)23-37(32-16-10-12-26(4)27(32)5)42(40,41)30-19-17-24(2)18-20-30/h9-13,16-21,29,31H,6-8,14-15,22-23H2,1-5H3,(H,35,39). The lowest BCUT2D eigenvalue weighted by atomic mass is 10.1. The summed E-state index contributed by atoms with van der Waals surface area (Å²) in [5.41, 5.74) is 5.01. The monoisotopic (exact) mass is 589 g/mol. The van der Waals surface area contributed by atoms with Crippen molar-refractivity contribution in [2.24, 2.45) is 0 Å². The number of rotatable bonds is 11. The molecular formula is C34H43N3O4S. The van der Waals surface area contributed by atoms with Gasteiger partial charge >= 0.3 is 0 Å². The quantitative estimate of drug-likeness (QED) is 0.298. The molecule has 1 aliphatic rings. The Morgan fingerprint density at radius 1 is 0.905 bits per heavy atom. The molecule has 0 bridgehead atoms. The van der Waals surface area contributed by atoms with Gasteiger partial charge in [-0.25, -0.2) is 8.42 Å². The molecule has 224 valence electrons. The molecule has 7 nitrogen and oxygen atoms in total. The fourth-order valence-electron chi connectivity index (χ4n) is 5.65. The number of hydrogen-bond donors (Lipinski definition) is 1. The number of hydrogen-bond acceptors (Lipinski definition) is 4. The number of carbonyl (C=O) groups is 2. The number of amides is 2. The minimum Gasteiger partial charge on any atom is -0.352 e. The highest BCUT2D eigenvalue weighted by molar-refractivity contribution is 7.92. The van der Waals surface area contributed by atoms with E-state index >= 15 is 0 Å². The van der Waals surface area contributed by atoms with E-state index in [4.69, 9.17) is 0 Å². The van der Waals surface area contributed by atoms with E-state index in [9.17, 15) is 18.0 Å². The van der Waals surface area contributed by atoms with E-state index in [1.807, 2.05) is 65.0 Å². The third-order valence-electron chi connectivity index (χ3n) is 8.26. The van der Waals surface area contributed by atoms with Gasteiger partial charge in [0.15, 0.2) is 0 Å². The van der Waals surface area contributed by atoms with Crippen molar-refractivity contribution >= 4 is 27.5 Å². The summed E-state index contributed by atoms with van der Waals surface area (Å²) in [6, 6.07) is 19.3. The van der Waals surface area contributed by atoms with E-state index < -0.39 is 28.5 Å². The molecule has 0 aromatic heterocycles. The summed E-state index contributed by atoms with van der Waals surface area (Å²) in [6.45, 7) is 9.31. The number of sulfonamides is 1. The first-order chi connectivity index (χ1) is 20.0. The molecule has 0 radical (unpaired) electrons. The molecule has 0 saturated heterocycles. The van der Waals surface area contributed by atoms with Crippen molar-refractivity contribution in [2.45, 2.75) is 90.2 Å². The molecule has 1 atom stereocenters. The summed E-state index contributed by atoms with van der Waals surface area (Å²) in [4.78, 5) is 29.6. The van der Waals surface area contributed by atoms with Crippen LogP contribution >= 0.6 is 0 Å². The first-order valence-electron chi connectivity index (χ1n) is 14.8. The van der Waals surface area contributed by atoms with E-state index in [1.54, 1.807) is 41.3 Å². The van der Waals surface area contributed by atoms with E-state index in [0.29, 0.717) is 12.1 Å². The predicted octanol–water partition coefficient (Wildman–Crippen LogP) is 5.98. The molecule has 0 spiro atoms. The van der Waals surface area contributed by atoms with Crippen molar-refractivity contribution in [3.63, 3.8) is 0 Å². The van der Waals surface area contributed by atoms with E-state index in [2.05, 4.69) is 5.32 Å². The van der Waals surface area contributed by atoms with Gasteiger partial charge in [0.2, 0.25) is 11.8 Å². The normalized spacial score (nSPS) is 14.4. The van der Waals surface area contributed by atoms with Gasteiger partial charge < -0.3 is 10.2 Å². The van der Waals surface area contributed by atoms with Crippen LogP contribution < -0.4 is 9.62 Å². The van der Waals surface area contributed by atoms with Crippen LogP contribution in [0.1, 0.15) is 66.8 Å².